The molecular weight excluding hydrogens is 326 g/mol. The molecule has 1 rings (SSSR count). The van der Waals surface area contributed by atoms with Crippen LogP contribution in [-0.4, -0.2) is 50.1 Å². The molecule has 0 bridgehead atoms. The molecule has 4 unspecified atom stereocenters. The number of alkyl halides is 1. The van der Waals surface area contributed by atoms with Crippen molar-refractivity contribution in [3.8, 4) is 0 Å². The van der Waals surface area contributed by atoms with E-state index < -0.39 is 29.2 Å². The smallest absolute Gasteiger partial charge is 0.394 e. The minimum absolute atomic E-state index is 0.189. The monoisotopic (exact) mass is 356 g/mol. The highest BCUT2D eigenvalue weighted by Gasteiger charge is 2.70. The van der Waals surface area contributed by atoms with Crippen LogP contribution in [0.2, 0.25) is 17.6 Å². The Labute approximate surface area is 135 Å². The van der Waals surface area contributed by atoms with E-state index in [4.69, 9.17) is 17.7 Å². The van der Waals surface area contributed by atoms with Gasteiger partial charge in [0, 0.05) is 32.0 Å². The van der Waals surface area contributed by atoms with Gasteiger partial charge in [-0.2, -0.15) is 0 Å². The van der Waals surface area contributed by atoms with E-state index in [-0.39, 0.29) is 24.7 Å². The lowest BCUT2D eigenvalue weighted by molar-refractivity contribution is 0.0292. The summed E-state index contributed by atoms with van der Waals surface area (Å²) in [6, 6.07) is 0. The van der Waals surface area contributed by atoms with Crippen LogP contribution in [0.25, 0.3) is 0 Å². The first-order chi connectivity index (χ1) is 10.3. The summed E-state index contributed by atoms with van der Waals surface area (Å²) in [7, 11) is -6.71. The minimum Gasteiger partial charge on any atom is -0.394 e. The molecule has 0 saturated heterocycles. The summed E-state index contributed by atoms with van der Waals surface area (Å²) in [6.07, 6.45) is -1.33. The maximum atomic E-state index is 15.1. The summed E-state index contributed by atoms with van der Waals surface area (Å²) in [5.74, 6) is -0.209. The molecule has 0 amide bonds. The molecule has 4 atom stereocenters. The van der Waals surface area contributed by atoms with Gasteiger partial charge < -0.3 is 17.7 Å². The summed E-state index contributed by atoms with van der Waals surface area (Å²) < 4.78 is 52.0. The number of hydrogen-bond donors (Lipinski definition) is 0. The van der Waals surface area contributed by atoms with Crippen LogP contribution in [0.1, 0.15) is 34.6 Å². The fraction of sp³-hybridized carbons (Fsp3) is 1.00. The average molecular weight is 357 g/mol. The molecule has 0 aromatic rings. The van der Waals surface area contributed by atoms with Crippen molar-refractivity contribution >= 4 is 17.5 Å². The van der Waals surface area contributed by atoms with Crippen molar-refractivity contribution in [2.45, 2.75) is 58.4 Å². The van der Waals surface area contributed by atoms with Crippen LogP contribution in [0.5, 0.6) is 0 Å². The quantitative estimate of drug-likeness (QED) is 0.440. The van der Waals surface area contributed by atoms with Gasteiger partial charge in [0.25, 0.3) is 0 Å². The summed E-state index contributed by atoms with van der Waals surface area (Å²) in [4.78, 5) is 0. The van der Waals surface area contributed by atoms with Gasteiger partial charge in [-0.1, -0.05) is 6.92 Å². The third kappa shape index (κ3) is 3.78. The topological polar surface area (TPSA) is 36.9 Å². The fourth-order valence-corrected chi connectivity index (χ4v) is 10.2. The maximum Gasteiger partial charge on any atom is 0.546 e. The highest BCUT2D eigenvalue weighted by Crippen LogP contribution is 2.60. The van der Waals surface area contributed by atoms with Crippen LogP contribution < -0.4 is 0 Å². The van der Waals surface area contributed by atoms with E-state index in [2.05, 4.69) is 0 Å². The van der Waals surface area contributed by atoms with E-state index in [1.807, 2.05) is 27.3 Å². The molecule has 22 heavy (non-hydrogen) atoms. The van der Waals surface area contributed by atoms with Gasteiger partial charge in [-0.3, -0.25) is 0 Å². The zero-order chi connectivity index (χ0) is 17.0. The summed E-state index contributed by atoms with van der Waals surface area (Å²) in [5.41, 5.74) is -1.20. The molecule has 1 saturated carbocycles. The van der Waals surface area contributed by atoms with Crippen molar-refractivity contribution in [1.29, 1.82) is 0 Å². The van der Waals surface area contributed by atoms with Crippen molar-refractivity contribution < 1.29 is 26.2 Å². The van der Waals surface area contributed by atoms with Gasteiger partial charge in [-0.05, 0) is 40.2 Å². The van der Waals surface area contributed by atoms with Crippen molar-refractivity contribution in [1.82, 2.24) is 0 Å². The Bertz CT molecular complexity index is 297. The molecule has 1 fully saturated rings. The normalized spacial score (nSPS) is 29.5. The molecule has 0 radical (unpaired) electrons. The van der Waals surface area contributed by atoms with E-state index in [0.717, 1.165) is 0 Å². The van der Waals surface area contributed by atoms with Gasteiger partial charge in [-0.15, -0.1) is 0 Å². The predicted molar refractivity (Wildman–Crippen MR) is 86.5 cm³/mol. The Kier molecular flexibility index (Phi) is 7.61. The van der Waals surface area contributed by atoms with Crippen LogP contribution in [0.4, 0.5) is 8.50 Å². The number of rotatable bonds is 10. The van der Waals surface area contributed by atoms with E-state index in [1.165, 1.54) is 0 Å². The van der Waals surface area contributed by atoms with Gasteiger partial charge in [0.2, 0.25) is 0 Å². The maximum absolute atomic E-state index is 15.1. The first-order valence-electron chi connectivity index (χ1n) is 8.19. The van der Waals surface area contributed by atoms with E-state index in [9.17, 15) is 4.39 Å². The Morgan fingerprint density at radius 1 is 0.818 bits per heavy atom. The molecule has 0 N–H and O–H groups in total. The zero-order valence-electron chi connectivity index (χ0n) is 14.5. The van der Waals surface area contributed by atoms with Crippen LogP contribution in [-0.2, 0) is 17.7 Å². The molecule has 132 valence electrons. The largest absolute Gasteiger partial charge is 0.546 e. The number of halogens is 2. The van der Waals surface area contributed by atoms with Crippen LogP contribution in [0, 0.1) is 5.92 Å². The molecule has 0 aliphatic heterocycles. The Balaban J connectivity index is 2.94. The van der Waals surface area contributed by atoms with E-state index in [1.54, 1.807) is 13.8 Å². The first kappa shape index (κ1) is 20.2. The highest BCUT2D eigenvalue weighted by atomic mass is 28.4. The standard InChI is InChI=1S/C14H30F2O4Si2/c1-7-17-21(6,18-8-2)13-11(5)14(12(13)15)22(16,19-9-3)20-10-4/h11-14H,7-10H2,1-6H3. The van der Waals surface area contributed by atoms with E-state index >= 15 is 4.11 Å². The Hall–Kier alpha value is 0.134. The third-order valence-corrected chi connectivity index (χ3v) is 11.2. The Morgan fingerprint density at radius 2 is 1.23 bits per heavy atom. The van der Waals surface area contributed by atoms with Gasteiger partial charge >= 0.3 is 17.5 Å². The molecule has 0 aromatic heterocycles. The fourth-order valence-electron chi connectivity index (χ4n) is 3.59. The second-order valence-electron chi connectivity index (χ2n) is 5.69. The lowest BCUT2D eigenvalue weighted by atomic mass is 9.83. The number of hydrogen-bond acceptors (Lipinski definition) is 4. The minimum atomic E-state index is -4.02. The van der Waals surface area contributed by atoms with Gasteiger partial charge in [0.05, 0.1) is 5.54 Å². The molecule has 0 heterocycles. The van der Waals surface area contributed by atoms with Crippen molar-refractivity contribution in [2.75, 3.05) is 26.4 Å². The molecule has 0 aromatic carbocycles. The lowest BCUT2D eigenvalue weighted by Crippen LogP contribution is -2.64. The molecule has 1 aliphatic carbocycles. The van der Waals surface area contributed by atoms with Crippen LogP contribution in [0.15, 0.2) is 0 Å². The molecular formula is C14H30F2O4Si2. The lowest BCUT2D eigenvalue weighted by Gasteiger charge is -2.53. The van der Waals surface area contributed by atoms with Crippen LogP contribution in [0.3, 0.4) is 0 Å². The second-order valence-corrected chi connectivity index (χ2v) is 11.4. The van der Waals surface area contributed by atoms with Crippen LogP contribution >= 0.6 is 0 Å². The SMILES string of the molecule is CCO[Si](C)(OCC)C1C(C)C([Si](F)(OCC)OCC)C1F. The molecule has 8 heteroatoms. The molecule has 4 nitrogen and oxygen atoms in total. The van der Waals surface area contributed by atoms with Gasteiger partial charge in [-0.25, -0.2) is 8.50 Å². The third-order valence-electron chi connectivity index (χ3n) is 4.37. The molecule has 0 spiro atoms. The summed E-state index contributed by atoms with van der Waals surface area (Å²) in [5, 5.41) is 0. The first-order valence-corrected chi connectivity index (χ1v) is 12.4. The van der Waals surface area contributed by atoms with Crippen molar-refractivity contribution in [3.05, 3.63) is 0 Å². The van der Waals surface area contributed by atoms with Crippen molar-refractivity contribution in [2.24, 2.45) is 5.92 Å². The highest BCUT2D eigenvalue weighted by molar-refractivity contribution is 6.70. The van der Waals surface area contributed by atoms with E-state index in [0.29, 0.717) is 13.2 Å². The zero-order valence-corrected chi connectivity index (χ0v) is 16.5. The summed E-state index contributed by atoms with van der Waals surface area (Å²) in [6.45, 7) is 12.2. The predicted octanol–water partition coefficient (Wildman–Crippen LogP) is 3.84. The van der Waals surface area contributed by atoms with Gasteiger partial charge in [0.1, 0.15) is 6.17 Å². The van der Waals surface area contributed by atoms with Crippen molar-refractivity contribution in [3.63, 3.8) is 0 Å². The molecule has 1 aliphatic rings. The Morgan fingerprint density at radius 3 is 1.55 bits per heavy atom. The average Bonchev–Trinajstić information content (AvgIpc) is 2.39. The summed E-state index contributed by atoms with van der Waals surface area (Å²) >= 11 is 0. The second kappa shape index (κ2) is 8.30. The van der Waals surface area contributed by atoms with Gasteiger partial charge in [0.15, 0.2) is 0 Å².